The van der Waals surface area contributed by atoms with Gasteiger partial charge in [0.05, 0.1) is 0 Å². The van der Waals surface area contributed by atoms with Crippen LogP contribution in [-0.2, 0) is 13.6 Å². The first-order valence-electron chi connectivity index (χ1n) is 3.11. The van der Waals surface area contributed by atoms with Crippen molar-refractivity contribution in [2.24, 2.45) is 0 Å². The van der Waals surface area contributed by atoms with Gasteiger partial charge >= 0.3 is 7.82 Å². The highest BCUT2D eigenvalue weighted by Gasteiger charge is 2.17. The Kier molecular flexibility index (Phi) is 5.25. The lowest BCUT2D eigenvalue weighted by molar-refractivity contribution is 0.231. The van der Waals surface area contributed by atoms with E-state index >= 15 is 0 Å². The summed E-state index contributed by atoms with van der Waals surface area (Å²) in [5.74, 6) is 4.81. The number of hydrogen-bond donors (Lipinski definition) is 1. The Balaban J connectivity index is 3.73. The van der Waals surface area contributed by atoms with Gasteiger partial charge in [-0.25, -0.2) is 4.57 Å². The summed E-state index contributed by atoms with van der Waals surface area (Å²) in [4.78, 5) is 8.65. The average molecular weight is 188 g/mol. The van der Waals surface area contributed by atoms with Gasteiger partial charge in [-0.3, -0.25) is 9.42 Å². The molecule has 1 atom stereocenters. The van der Waals surface area contributed by atoms with Gasteiger partial charge in [0.1, 0.15) is 6.11 Å². The monoisotopic (exact) mass is 188 g/mol. The van der Waals surface area contributed by atoms with Crippen molar-refractivity contribution in [3.05, 3.63) is 0 Å². The van der Waals surface area contributed by atoms with Crippen LogP contribution < -0.4 is 0 Å². The number of rotatable bonds is 3. The zero-order valence-electron chi connectivity index (χ0n) is 6.61. The lowest BCUT2D eigenvalue weighted by Crippen LogP contribution is -1.84. The van der Waals surface area contributed by atoms with E-state index < -0.39 is 7.82 Å². The molecular weight excluding hydrogens is 179 g/mol. The fraction of sp³-hybridized carbons (Fsp3) is 0.429. The number of phosphoric acid groups is 1. The molecule has 66 valence electrons. The van der Waals surface area contributed by atoms with Crippen molar-refractivity contribution in [1.82, 2.24) is 0 Å². The van der Waals surface area contributed by atoms with Crippen molar-refractivity contribution in [1.29, 1.82) is 0 Å². The van der Waals surface area contributed by atoms with Crippen molar-refractivity contribution >= 4 is 7.82 Å². The van der Waals surface area contributed by atoms with E-state index in [1.165, 1.54) is 0 Å². The van der Waals surface area contributed by atoms with Crippen molar-refractivity contribution in [2.75, 3.05) is 7.11 Å². The van der Waals surface area contributed by atoms with E-state index in [2.05, 4.69) is 20.9 Å². The van der Waals surface area contributed by atoms with Gasteiger partial charge in [-0.15, -0.1) is 12.3 Å². The van der Waals surface area contributed by atoms with Gasteiger partial charge in [0.25, 0.3) is 0 Å². The Labute approximate surface area is 71.5 Å². The van der Waals surface area contributed by atoms with Crippen LogP contribution in [0.2, 0.25) is 0 Å². The highest BCUT2D eigenvalue weighted by molar-refractivity contribution is 7.47. The predicted molar refractivity (Wildman–Crippen MR) is 43.8 cm³/mol. The van der Waals surface area contributed by atoms with E-state index in [4.69, 9.17) is 11.3 Å². The van der Waals surface area contributed by atoms with Gasteiger partial charge in [0, 0.05) is 20.0 Å². The van der Waals surface area contributed by atoms with Crippen LogP contribution >= 0.6 is 7.82 Å². The first kappa shape index (κ1) is 11.1. The van der Waals surface area contributed by atoms with Gasteiger partial charge in [0.15, 0.2) is 0 Å². The molecule has 0 rings (SSSR count). The molecule has 0 aliphatic carbocycles. The van der Waals surface area contributed by atoms with Crippen LogP contribution in [0, 0.1) is 24.4 Å². The summed E-state index contributed by atoms with van der Waals surface area (Å²) >= 11 is 0. The number of unbranched alkanes of at least 4 members (excludes halogenated alkanes) is 1. The molecule has 0 aliphatic rings. The minimum absolute atomic E-state index is 0.431. The quantitative estimate of drug-likeness (QED) is 0.409. The van der Waals surface area contributed by atoms with Crippen LogP contribution in [0.25, 0.3) is 0 Å². The molecule has 0 fully saturated rings. The fourth-order valence-corrected chi connectivity index (χ4v) is 0.567. The summed E-state index contributed by atoms with van der Waals surface area (Å²) in [5.41, 5.74) is 0. The topological polar surface area (TPSA) is 55.8 Å². The third kappa shape index (κ3) is 5.82. The van der Waals surface area contributed by atoms with Crippen LogP contribution in [0.4, 0.5) is 0 Å². The molecule has 0 aromatic rings. The molecule has 12 heavy (non-hydrogen) atoms. The number of phosphoric ester groups is 1. The van der Waals surface area contributed by atoms with Crippen LogP contribution in [-0.4, -0.2) is 12.0 Å². The minimum atomic E-state index is -3.95. The Bertz CT molecular complexity index is 267. The summed E-state index contributed by atoms with van der Waals surface area (Å²) in [6, 6.07) is 0. The molecule has 0 radical (unpaired) electrons. The van der Waals surface area contributed by atoms with Crippen LogP contribution in [0.3, 0.4) is 0 Å². The third-order valence-electron chi connectivity index (χ3n) is 0.858. The smallest absolute Gasteiger partial charge is 0.350 e. The molecule has 1 unspecified atom stereocenters. The normalized spacial score (nSPS) is 13.4. The first-order chi connectivity index (χ1) is 5.62. The van der Waals surface area contributed by atoms with E-state index in [0.29, 0.717) is 12.8 Å². The molecule has 0 heterocycles. The van der Waals surface area contributed by atoms with E-state index in [0.717, 1.165) is 7.11 Å². The average Bonchev–Trinajstić information content (AvgIpc) is 2.04. The molecule has 0 saturated carbocycles. The summed E-state index contributed by atoms with van der Waals surface area (Å²) in [7, 11) is -2.89. The molecule has 5 heteroatoms. The van der Waals surface area contributed by atoms with Gasteiger partial charge in [-0.05, 0) is 0 Å². The Morgan fingerprint density at radius 2 is 2.25 bits per heavy atom. The second kappa shape index (κ2) is 5.69. The first-order valence-corrected chi connectivity index (χ1v) is 4.60. The second-order valence-electron chi connectivity index (χ2n) is 1.73. The predicted octanol–water partition coefficient (Wildman–Crippen LogP) is 1.12. The van der Waals surface area contributed by atoms with Crippen molar-refractivity contribution < 1.29 is 18.5 Å². The van der Waals surface area contributed by atoms with E-state index in [1.807, 2.05) is 6.11 Å². The van der Waals surface area contributed by atoms with Gasteiger partial charge < -0.3 is 4.52 Å². The molecule has 0 saturated heterocycles. The van der Waals surface area contributed by atoms with Crippen molar-refractivity contribution in [2.45, 2.75) is 12.8 Å². The molecule has 1 N–H and O–H groups in total. The van der Waals surface area contributed by atoms with Crippen molar-refractivity contribution in [3.63, 3.8) is 0 Å². The van der Waals surface area contributed by atoms with Gasteiger partial charge in [-0.2, -0.15) is 0 Å². The van der Waals surface area contributed by atoms with E-state index in [-0.39, 0.29) is 0 Å². The molecule has 0 aromatic heterocycles. The summed E-state index contributed by atoms with van der Waals surface area (Å²) < 4.78 is 18.9. The van der Waals surface area contributed by atoms with Crippen LogP contribution in [0.15, 0.2) is 0 Å². The third-order valence-corrected chi connectivity index (χ3v) is 1.64. The highest BCUT2D eigenvalue weighted by atomic mass is 31.2. The summed E-state index contributed by atoms with van der Waals surface area (Å²) in [6.07, 6.45) is 7.88. The van der Waals surface area contributed by atoms with Gasteiger partial charge in [0.2, 0.25) is 0 Å². The second-order valence-corrected chi connectivity index (χ2v) is 3.21. The van der Waals surface area contributed by atoms with E-state index in [1.54, 1.807) is 0 Å². The lowest BCUT2D eigenvalue weighted by atomic mass is 10.3. The largest absolute Gasteiger partial charge is 0.535 e. The minimum Gasteiger partial charge on any atom is -0.350 e. The maximum atomic E-state index is 10.6. The molecule has 0 aliphatic heterocycles. The molecule has 0 spiro atoms. The molecule has 0 aromatic carbocycles. The van der Waals surface area contributed by atoms with E-state index in [9.17, 15) is 4.57 Å². The fourth-order valence-electron chi connectivity index (χ4n) is 0.313. The number of terminal acetylenes is 1. The van der Waals surface area contributed by atoms with Crippen molar-refractivity contribution in [3.8, 4) is 24.4 Å². The Hall–Kier alpha value is -0.930. The molecular formula is C7H9O4P. The maximum absolute atomic E-state index is 10.6. The highest BCUT2D eigenvalue weighted by Crippen LogP contribution is 2.41. The standard InChI is InChI=1S/C7H9O4P/c1-3-4-5-6-7-11-12(8,9)10-2/h1H,4-5H2,2H3,(H,8,9). The Morgan fingerprint density at radius 3 is 2.75 bits per heavy atom. The Morgan fingerprint density at radius 1 is 1.58 bits per heavy atom. The molecule has 0 amide bonds. The molecule has 0 bridgehead atoms. The van der Waals surface area contributed by atoms with Gasteiger partial charge in [-0.1, -0.05) is 5.92 Å². The van der Waals surface area contributed by atoms with Crippen LogP contribution in [0.1, 0.15) is 12.8 Å². The maximum Gasteiger partial charge on any atom is 0.535 e. The zero-order chi connectivity index (χ0) is 9.45. The zero-order valence-corrected chi connectivity index (χ0v) is 7.51. The SMILES string of the molecule is C#CCCC#COP(=O)(O)OC. The summed E-state index contributed by atoms with van der Waals surface area (Å²) in [5, 5.41) is 0. The summed E-state index contributed by atoms with van der Waals surface area (Å²) in [6.45, 7) is 0. The number of hydrogen-bond acceptors (Lipinski definition) is 3. The van der Waals surface area contributed by atoms with Crippen LogP contribution in [0.5, 0.6) is 0 Å². The lowest BCUT2D eigenvalue weighted by Gasteiger charge is -2.01. The molecule has 4 nitrogen and oxygen atoms in total.